The van der Waals surface area contributed by atoms with E-state index in [1.807, 2.05) is 24.3 Å². The van der Waals surface area contributed by atoms with Crippen LogP contribution in [0.25, 0.3) is 0 Å². The Balaban J connectivity index is 2.25. The van der Waals surface area contributed by atoms with E-state index in [0.29, 0.717) is 22.7 Å². The summed E-state index contributed by atoms with van der Waals surface area (Å²) in [5.74, 6) is 0.211. The van der Waals surface area contributed by atoms with Crippen LogP contribution in [-0.4, -0.2) is 13.0 Å². The number of methoxy groups -OCH3 is 1. The lowest BCUT2D eigenvalue weighted by Crippen LogP contribution is -2.13. The normalized spacial score (nSPS) is 10.0. The molecule has 0 saturated carbocycles. The lowest BCUT2D eigenvalue weighted by Gasteiger charge is -2.10. The Morgan fingerprint density at radius 3 is 2.74 bits per heavy atom. The van der Waals surface area contributed by atoms with E-state index in [2.05, 4.69) is 21.2 Å². The Hall–Kier alpha value is -2.01. The summed E-state index contributed by atoms with van der Waals surface area (Å²) < 4.78 is 6.06. The van der Waals surface area contributed by atoms with Crippen LogP contribution in [0.4, 0.5) is 11.4 Å². The van der Waals surface area contributed by atoms with Crippen molar-refractivity contribution in [2.75, 3.05) is 18.2 Å². The molecule has 2 rings (SSSR count). The maximum Gasteiger partial charge on any atom is 0.259 e. The molecule has 5 heteroatoms. The number of anilines is 2. The van der Waals surface area contributed by atoms with Gasteiger partial charge < -0.3 is 15.8 Å². The molecule has 0 radical (unpaired) electrons. The Morgan fingerprint density at radius 1 is 1.26 bits per heavy atom. The quantitative estimate of drug-likeness (QED) is 0.853. The van der Waals surface area contributed by atoms with Gasteiger partial charge in [-0.1, -0.05) is 22.0 Å². The number of rotatable bonds is 3. The lowest BCUT2D eigenvalue weighted by atomic mass is 10.1. The number of hydrogen-bond acceptors (Lipinski definition) is 3. The van der Waals surface area contributed by atoms with Crippen molar-refractivity contribution in [1.82, 2.24) is 0 Å². The second kappa shape index (κ2) is 5.75. The average molecular weight is 321 g/mol. The van der Waals surface area contributed by atoms with Crippen LogP contribution >= 0.6 is 15.9 Å². The predicted molar refractivity (Wildman–Crippen MR) is 79.5 cm³/mol. The molecule has 0 aliphatic carbocycles. The molecule has 2 aromatic carbocycles. The summed E-state index contributed by atoms with van der Waals surface area (Å²) in [4.78, 5) is 12.2. The van der Waals surface area contributed by atoms with Gasteiger partial charge in [0, 0.05) is 21.9 Å². The minimum Gasteiger partial charge on any atom is -0.496 e. The number of nitrogens with one attached hydrogen (secondary N) is 1. The van der Waals surface area contributed by atoms with Gasteiger partial charge in [-0.25, -0.2) is 0 Å². The minimum atomic E-state index is -0.241. The summed E-state index contributed by atoms with van der Waals surface area (Å²) in [5, 5.41) is 2.80. The number of hydrogen-bond donors (Lipinski definition) is 2. The molecule has 1 amide bonds. The third-order valence-corrected chi connectivity index (χ3v) is 3.05. The van der Waals surface area contributed by atoms with Crippen LogP contribution in [-0.2, 0) is 0 Å². The van der Waals surface area contributed by atoms with Crippen LogP contribution in [0, 0.1) is 0 Å². The molecule has 0 aliphatic heterocycles. The summed E-state index contributed by atoms with van der Waals surface area (Å²) >= 11 is 3.35. The third-order valence-electron chi connectivity index (χ3n) is 2.55. The van der Waals surface area contributed by atoms with Crippen LogP contribution in [0.15, 0.2) is 46.9 Å². The van der Waals surface area contributed by atoms with Crippen molar-refractivity contribution >= 4 is 33.2 Å². The molecular weight excluding hydrogens is 308 g/mol. The van der Waals surface area contributed by atoms with Crippen LogP contribution in [0.1, 0.15) is 10.4 Å². The van der Waals surface area contributed by atoms with Gasteiger partial charge in [0.2, 0.25) is 0 Å². The van der Waals surface area contributed by atoms with E-state index in [1.165, 1.54) is 7.11 Å². The second-order valence-electron chi connectivity index (χ2n) is 3.92. The maximum absolute atomic E-state index is 12.2. The van der Waals surface area contributed by atoms with Crippen LogP contribution in [0.5, 0.6) is 5.75 Å². The first kappa shape index (κ1) is 13.4. The smallest absolute Gasteiger partial charge is 0.259 e. The SMILES string of the molecule is COc1cc(N)ccc1C(=O)Nc1cccc(Br)c1. The molecular formula is C14H13BrN2O2. The minimum absolute atomic E-state index is 0.241. The van der Waals surface area contributed by atoms with E-state index < -0.39 is 0 Å². The summed E-state index contributed by atoms with van der Waals surface area (Å²) in [6.45, 7) is 0. The molecule has 0 fully saturated rings. The zero-order valence-electron chi connectivity index (χ0n) is 10.3. The van der Waals surface area contributed by atoms with Gasteiger partial charge in [0.1, 0.15) is 5.75 Å². The summed E-state index contributed by atoms with van der Waals surface area (Å²) in [5.41, 5.74) is 7.36. The molecule has 2 aromatic rings. The van der Waals surface area contributed by atoms with E-state index >= 15 is 0 Å². The van der Waals surface area contributed by atoms with Crippen LogP contribution in [0.3, 0.4) is 0 Å². The topological polar surface area (TPSA) is 64.3 Å². The fourth-order valence-corrected chi connectivity index (χ4v) is 2.06. The van der Waals surface area contributed by atoms with Gasteiger partial charge in [0.05, 0.1) is 12.7 Å². The van der Waals surface area contributed by atoms with Crippen molar-refractivity contribution in [3.05, 3.63) is 52.5 Å². The molecule has 19 heavy (non-hydrogen) atoms. The molecule has 4 nitrogen and oxygen atoms in total. The molecule has 0 saturated heterocycles. The first-order valence-corrected chi connectivity index (χ1v) is 6.40. The molecule has 0 aromatic heterocycles. The van der Waals surface area contributed by atoms with Gasteiger partial charge in [-0.05, 0) is 30.3 Å². The molecule has 3 N–H and O–H groups in total. The molecule has 0 heterocycles. The zero-order chi connectivity index (χ0) is 13.8. The van der Waals surface area contributed by atoms with Gasteiger partial charge in [-0.15, -0.1) is 0 Å². The Kier molecular flexibility index (Phi) is 4.06. The molecule has 0 unspecified atom stereocenters. The highest BCUT2D eigenvalue weighted by atomic mass is 79.9. The highest BCUT2D eigenvalue weighted by Crippen LogP contribution is 2.23. The first-order valence-electron chi connectivity index (χ1n) is 5.60. The molecule has 0 spiro atoms. The number of nitrogens with two attached hydrogens (primary N) is 1. The predicted octanol–water partition coefficient (Wildman–Crippen LogP) is 3.29. The fourth-order valence-electron chi connectivity index (χ4n) is 1.66. The van der Waals surface area contributed by atoms with Gasteiger partial charge in [-0.3, -0.25) is 4.79 Å². The number of amides is 1. The Labute approximate surface area is 119 Å². The number of carbonyl (C=O) groups excluding carboxylic acids is 1. The summed E-state index contributed by atoms with van der Waals surface area (Å²) in [7, 11) is 1.50. The number of ether oxygens (including phenoxy) is 1. The van der Waals surface area contributed by atoms with Gasteiger partial charge in [-0.2, -0.15) is 0 Å². The highest BCUT2D eigenvalue weighted by Gasteiger charge is 2.12. The highest BCUT2D eigenvalue weighted by molar-refractivity contribution is 9.10. The molecule has 0 bridgehead atoms. The van der Waals surface area contributed by atoms with Crippen molar-refractivity contribution in [1.29, 1.82) is 0 Å². The largest absolute Gasteiger partial charge is 0.496 e. The van der Waals surface area contributed by atoms with E-state index in [0.717, 1.165) is 4.47 Å². The lowest BCUT2D eigenvalue weighted by molar-refractivity contribution is 0.102. The Morgan fingerprint density at radius 2 is 2.05 bits per heavy atom. The second-order valence-corrected chi connectivity index (χ2v) is 4.84. The zero-order valence-corrected chi connectivity index (χ0v) is 11.9. The molecule has 0 atom stereocenters. The fraction of sp³-hybridized carbons (Fsp3) is 0.0714. The number of nitrogen functional groups attached to an aromatic ring is 1. The summed E-state index contributed by atoms with van der Waals surface area (Å²) in [6.07, 6.45) is 0. The van der Waals surface area contributed by atoms with Crippen molar-refractivity contribution in [3.8, 4) is 5.75 Å². The summed E-state index contributed by atoms with van der Waals surface area (Å²) in [6, 6.07) is 12.3. The van der Waals surface area contributed by atoms with Gasteiger partial charge >= 0.3 is 0 Å². The number of halogens is 1. The van der Waals surface area contributed by atoms with E-state index in [9.17, 15) is 4.79 Å². The maximum atomic E-state index is 12.2. The van der Waals surface area contributed by atoms with Crippen LogP contribution < -0.4 is 15.8 Å². The Bertz CT molecular complexity index is 614. The average Bonchev–Trinajstić information content (AvgIpc) is 2.38. The third kappa shape index (κ3) is 3.26. The number of benzene rings is 2. The molecule has 0 aliphatic rings. The van der Waals surface area contributed by atoms with Crippen molar-refractivity contribution in [2.45, 2.75) is 0 Å². The monoisotopic (exact) mass is 320 g/mol. The van der Waals surface area contributed by atoms with Gasteiger partial charge in [0.15, 0.2) is 0 Å². The van der Waals surface area contributed by atoms with E-state index in [1.54, 1.807) is 18.2 Å². The van der Waals surface area contributed by atoms with E-state index in [4.69, 9.17) is 10.5 Å². The van der Waals surface area contributed by atoms with Gasteiger partial charge in [0.25, 0.3) is 5.91 Å². The molecule has 98 valence electrons. The number of carbonyl (C=O) groups is 1. The van der Waals surface area contributed by atoms with Crippen molar-refractivity contribution in [2.24, 2.45) is 0 Å². The van der Waals surface area contributed by atoms with Crippen molar-refractivity contribution < 1.29 is 9.53 Å². The van der Waals surface area contributed by atoms with Crippen LogP contribution in [0.2, 0.25) is 0 Å². The van der Waals surface area contributed by atoms with Crippen molar-refractivity contribution in [3.63, 3.8) is 0 Å². The van der Waals surface area contributed by atoms with E-state index in [-0.39, 0.29) is 5.91 Å². The standard InChI is InChI=1S/C14H13BrN2O2/c1-19-13-8-10(16)5-6-12(13)14(18)17-11-4-2-3-9(15)7-11/h2-8H,16H2,1H3,(H,17,18). The first-order chi connectivity index (χ1) is 9.10.